The molecular weight excluding hydrogens is 321 g/mol. The number of nitrogens with zero attached hydrogens (tertiary/aromatic N) is 1. The Morgan fingerprint density at radius 3 is 2.59 bits per heavy atom. The van der Waals surface area contributed by atoms with Gasteiger partial charge in [-0.3, -0.25) is 4.79 Å². The molecule has 0 unspecified atom stereocenters. The maximum atomic E-state index is 12.1. The molecule has 1 aliphatic rings. The molecule has 1 amide bonds. The summed E-state index contributed by atoms with van der Waals surface area (Å²) in [7, 11) is 0. The van der Waals surface area contributed by atoms with Gasteiger partial charge in [-0.25, -0.2) is 4.98 Å². The van der Waals surface area contributed by atoms with Gasteiger partial charge in [-0.15, -0.1) is 12.4 Å². The van der Waals surface area contributed by atoms with Gasteiger partial charge in [0.1, 0.15) is 5.15 Å². The molecule has 4 nitrogen and oxygen atoms in total. The van der Waals surface area contributed by atoms with E-state index in [-0.39, 0.29) is 18.3 Å². The topological polar surface area (TPSA) is 54.0 Å². The lowest BCUT2D eigenvalue weighted by atomic mass is 9.98. The SMILES string of the molecule is Cl.O=C(Nc1ccc([C@H]2CCNC2)cc1)c1ccc(Cl)nc1. The van der Waals surface area contributed by atoms with Crippen molar-refractivity contribution in [2.75, 3.05) is 18.4 Å². The molecule has 1 aromatic heterocycles. The summed E-state index contributed by atoms with van der Waals surface area (Å²) in [6.07, 6.45) is 2.64. The fourth-order valence-corrected chi connectivity index (χ4v) is 2.60. The van der Waals surface area contributed by atoms with Gasteiger partial charge in [0.05, 0.1) is 5.56 Å². The number of aromatic nitrogens is 1. The van der Waals surface area contributed by atoms with Gasteiger partial charge >= 0.3 is 0 Å². The smallest absolute Gasteiger partial charge is 0.257 e. The fraction of sp³-hybridized carbons (Fsp3) is 0.250. The molecule has 1 aromatic carbocycles. The number of anilines is 1. The van der Waals surface area contributed by atoms with E-state index in [1.54, 1.807) is 12.1 Å². The fourth-order valence-electron chi connectivity index (χ4n) is 2.49. The van der Waals surface area contributed by atoms with Crippen molar-refractivity contribution in [3.05, 3.63) is 58.9 Å². The Morgan fingerprint density at radius 2 is 2.00 bits per heavy atom. The number of carbonyl (C=O) groups is 1. The van der Waals surface area contributed by atoms with Gasteiger partial charge in [-0.05, 0) is 48.7 Å². The third-order valence-corrected chi connectivity index (χ3v) is 3.91. The second-order valence-electron chi connectivity index (χ2n) is 5.14. The average Bonchev–Trinajstić information content (AvgIpc) is 3.03. The monoisotopic (exact) mass is 337 g/mol. The summed E-state index contributed by atoms with van der Waals surface area (Å²) in [5, 5.41) is 6.59. The number of amides is 1. The lowest BCUT2D eigenvalue weighted by Gasteiger charge is -2.10. The molecule has 22 heavy (non-hydrogen) atoms. The number of pyridine rings is 1. The normalized spacial score (nSPS) is 16.9. The number of nitrogens with one attached hydrogen (secondary N) is 2. The van der Waals surface area contributed by atoms with Gasteiger partial charge in [0, 0.05) is 18.4 Å². The van der Waals surface area contributed by atoms with E-state index in [1.165, 1.54) is 18.2 Å². The molecule has 1 atom stereocenters. The first-order valence-electron chi connectivity index (χ1n) is 6.96. The molecular formula is C16H17Cl2N3O. The van der Waals surface area contributed by atoms with E-state index in [9.17, 15) is 4.79 Å². The van der Waals surface area contributed by atoms with Gasteiger partial charge in [0.25, 0.3) is 5.91 Å². The zero-order valence-electron chi connectivity index (χ0n) is 11.9. The Hall–Kier alpha value is -1.62. The van der Waals surface area contributed by atoms with E-state index in [0.717, 1.165) is 18.8 Å². The lowest BCUT2D eigenvalue weighted by molar-refractivity contribution is 0.102. The standard InChI is InChI=1S/C16H16ClN3O.ClH/c17-15-6-3-13(10-19-15)16(21)20-14-4-1-11(2-5-14)12-7-8-18-9-12;/h1-6,10,12,18H,7-9H2,(H,20,21);1H/t12-;/m0./s1. The van der Waals surface area contributed by atoms with Crippen molar-refractivity contribution >= 4 is 35.6 Å². The maximum absolute atomic E-state index is 12.1. The third kappa shape index (κ3) is 3.97. The van der Waals surface area contributed by atoms with Crippen molar-refractivity contribution in [2.24, 2.45) is 0 Å². The average molecular weight is 338 g/mol. The molecule has 2 N–H and O–H groups in total. The number of halogens is 2. The van der Waals surface area contributed by atoms with E-state index < -0.39 is 0 Å². The Kier molecular flexibility index (Phi) is 5.77. The zero-order chi connectivity index (χ0) is 14.7. The summed E-state index contributed by atoms with van der Waals surface area (Å²) < 4.78 is 0. The quantitative estimate of drug-likeness (QED) is 0.843. The number of hydrogen-bond acceptors (Lipinski definition) is 3. The molecule has 1 saturated heterocycles. The van der Waals surface area contributed by atoms with E-state index in [1.807, 2.05) is 12.1 Å². The summed E-state index contributed by atoms with van der Waals surface area (Å²) in [6, 6.07) is 11.3. The second-order valence-corrected chi connectivity index (χ2v) is 5.52. The van der Waals surface area contributed by atoms with Gasteiger partial charge in [-0.2, -0.15) is 0 Å². The van der Waals surface area contributed by atoms with Crippen LogP contribution >= 0.6 is 24.0 Å². The number of rotatable bonds is 3. The van der Waals surface area contributed by atoms with Crippen LogP contribution in [-0.2, 0) is 0 Å². The van der Waals surface area contributed by atoms with Crippen LogP contribution in [0.5, 0.6) is 0 Å². The van der Waals surface area contributed by atoms with Gasteiger partial charge < -0.3 is 10.6 Å². The van der Waals surface area contributed by atoms with Gasteiger partial charge in [0.2, 0.25) is 0 Å². The van der Waals surface area contributed by atoms with Gasteiger partial charge in [0.15, 0.2) is 0 Å². The minimum absolute atomic E-state index is 0. The van der Waals surface area contributed by atoms with Crippen molar-refractivity contribution in [2.45, 2.75) is 12.3 Å². The molecule has 1 aliphatic heterocycles. The molecule has 0 radical (unpaired) electrons. The Morgan fingerprint density at radius 1 is 1.23 bits per heavy atom. The first-order chi connectivity index (χ1) is 10.2. The number of carbonyl (C=O) groups excluding carboxylic acids is 1. The number of benzene rings is 1. The van der Waals surface area contributed by atoms with Crippen LogP contribution in [0.2, 0.25) is 5.15 Å². The van der Waals surface area contributed by atoms with Crippen molar-refractivity contribution in [3.63, 3.8) is 0 Å². The largest absolute Gasteiger partial charge is 0.322 e. The highest BCUT2D eigenvalue weighted by molar-refractivity contribution is 6.29. The predicted octanol–water partition coefficient (Wildman–Crippen LogP) is 3.49. The first-order valence-corrected chi connectivity index (χ1v) is 7.34. The molecule has 3 rings (SSSR count). The molecule has 0 aliphatic carbocycles. The molecule has 1 fully saturated rings. The van der Waals surface area contributed by atoms with Crippen LogP contribution < -0.4 is 10.6 Å². The summed E-state index contributed by atoms with van der Waals surface area (Å²) in [5.41, 5.74) is 2.58. The summed E-state index contributed by atoms with van der Waals surface area (Å²) in [4.78, 5) is 16.0. The van der Waals surface area contributed by atoms with Crippen LogP contribution in [0.25, 0.3) is 0 Å². The van der Waals surface area contributed by atoms with Crippen LogP contribution in [0, 0.1) is 0 Å². The summed E-state index contributed by atoms with van der Waals surface area (Å²) in [5.74, 6) is 0.393. The van der Waals surface area contributed by atoms with E-state index in [2.05, 4.69) is 27.8 Å². The second kappa shape index (κ2) is 7.58. The van der Waals surface area contributed by atoms with Crippen LogP contribution in [0.15, 0.2) is 42.6 Å². The zero-order valence-corrected chi connectivity index (χ0v) is 13.5. The van der Waals surface area contributed by atoms with E-state index >= 15 is 0 Å². The minimum atomic E-state index is -0.186. The third-order valence-electron chi connectivity index (χ3n) is 3.69. The van der Waals surface area contributed by atoms with Crippen LogP contribution in [0.3, 0.4) is 0 Å². The Labute approximate surface area is 140 Å². The molecule has 6 heteroatoms. The Bertz CT molecular complexity index is 623. The predicted molar refractivity (Wildman–Crippen MR) is 91.1 cm³/mol. The highest BCUT2D eigenvalue weighted by atomic mass is 35.5. The molecule has 2 heterocycles. The van der Waals surface area contributed by atoms with Gasteiger partial charge in [-0.1, -0.05) is 23.7 Å². The van der Waals surface area contributed by atoms with Crippen molar-refractivity contribution < 1.29 is 4.79 Å². The minimum Gasteiger partial charge on any atom is -0.322 e. The van der Waals surface area contributed by atoms with Crippen molar-refractivity contribution in [1.29, 1.82) is 0 Å². The molecule has 0 spiro atoms. The summed E-state index contributed by atoms with van der Waals surface area (Å²) >= 11 is 5.71. The lowest BCUT2D eigenvalue weighted by Crippen LogP contribution is -2.12. The molecule has 0 saturated carbocycles. The van der Waals surface area contributed by atoms with E-state index in [4.69, 9.17) is 11.6 Å². The summed E-state index contributed by atoms with van der Waals surface area (Å²) in [6.45, 7) is 2.11. The van der Waals surface area contributed by atoms with Crippen molar-refractivity contribution in [3.8, 4) is 0 Å². The highest BCUT2D eigenvalue weighted by Crippen LogP contribution is 2.23. The van der Waals surface area contributed by atoms with Crippen LogP contribution in [-0.4, -0.2) is 24.0 Å². The number of hydrogen-bond donors (Lipinski definition) is 2. The van der Waals surface area contributed by atoms with Crippen molar-refractivity contribution in [1.82, 2.24) is 10.3 Å². The maximum Gasteiger partial charge on any atom is 0.257 e. The Balaban J connectivity index is 0.00000176. The molecule has 2 aromatic rings. The molecule has 0 bridgehead atoms. The van der Waals surface area contributed by atoms with E-state index in [0.29, 0.717) is 16.6 Å². The highest BCUT2D eigenvalue weighted by Gasteiger charge is 2.16. The van der Waals surface area contributed by atoms with Crippen LogP contribution in [0.1, 0.15) is 28.3 Å². The molecule has 116 valence electrons. The van der Waals surface area contributed by atoms with Crippen LogP contribution in [0.4, 0.5) is 5.69 Å². The first kappa shape index (κ1) is 16.7.